The van der Waals surface area contributed by atoms with Crippen LogP contribution in [0.15, 0.2) is 35.1 Å². The van der Waals surface area contributed by atoms with Crippen molar-refractivity contribution in [3.05, 3.63) is 46.2 Å². The molecule has 1 N–H and O–H groups in total. The smallest absolute Gasteiger partial charge is 0.134 e. The zero-order valence-electron chi connectivity index (χ0n) is 8.31. The average molecular weight is 267 g/mol. The van der Waals surface area contributed by atoms with Gasteiger partial charge >= 0.3 is 0 Å². The molecule has 0 spiro atoms. The first-order valence-electron chi connectivity index (χ1n) is 4.62. The quantitative estimate of drug-likeness (QED) is 0.907. The van der Waals surface area contributed by atoms with E-state index in [9.17, 15) is 0 Å². The molecule has 15 heavy (non-hydrogen) atoms. The predicted octanol–water partition coefficient (Wildman–Crippen LogP) is 2.44. The Bertz CT molecular complexity index is 462. The van der Waals surface area contributed by atoms with Crippen LogP contribution in [0.2, 0.25) is 0 Å². The van der Waals surface area contributed by atoms with E-state index in [1.54, 1.807) is 4.68 Å². The van der Waals surface area contributed by atoms with E-state index in [1.807, 2.05) is 37.4 Å². The number of aliphatic hydroxyl groups excluding tert-OH is 1. The van der Waals surface area contributed by atoms with Gasteiger partial charge in [0.2, 0.25) is 0 Å². The number of nitrogens with zero attached hydrogens (tertiary/aromatic N) is 2. The molecular formula is C11H11BrN2O. The van der Waals surface area contributed by atoms with Gasteiger partial charge in [-0.2, -0.15) is 5.10 Å². The summed E-state index contributed by atoms with van der Waals surface area (Å²) >= 11 is 3.30. The minimum Gasteiger partial charge on any atom is -0.392 e. The van der Waals surface area contributed by atoms with Gasteiger partial charge in [0, 0.05) is 11.8 Å². The zero-order chi connectivity index (χ0) is 10.8. The summed E-state index contributed by atoms with van der Waals surface area (Å²) in [6.45, 7) is 2.04. The molecule has 0 aliphatic carbocycles. The summed E-state index contributed by atoms with van der Waals surface area (Å²) in [5.74, 6) is 0. The van der Waals surface area contributed by atoms with Gasteiger partial charge in [0.1, 0.15) is 4.60 Å². The summed E-state index contributed by atoms with van der Waals surface area (Å²) in [6, 6.07) is 8.05. The van der Waals surface area contributed by atoms with Gasteiger partial charge in [0.05, 0.1) is 12.3 Å². The fraction of sp³-hybridized carbons (Fsp3) is 0.182. The summed E-state index contributed by atoms with van der Waals surface area (Å²) < 4.78 is 2.43. The normalized spacial score (nSPS) is 10.6. The summed E-state index contributed by atoms with van der Waals surface area (Å²) in [4.78, 5) is 0. The maximum absolute atomic E-state index is 9.04. The van der Waals surface area contributed by atoms with Crippen LogP contribution >= 0.6 is 15.9 Å². The molecule has 0 saturated carbocycles. The SMILES string of the molecule is Cc1ccc(-n2cc(CO)c(Br)n2)cc1. The van der Waals surface area contributed by atoms with E-state index >= 15 is 0 Å². The Morgan fingerprint density at radius 3 is 2.53 bits per heavy atom. The Labute approximate surface area is 96.5 Å². The zero-order valence-corrected chi connectivity index (χ0v) is 9.90. The standard InChI is InChI=1S/C11H11BrN2O/c1-8-2-4-10(5-3-8)14-6-9(7-15)11(12)13-14/h2-6,15H,7H2,1H3. The van der Waals surface area contributed by atoms with Crippen LogP contribution in [0.1, 0.15) is 11.1 Å². The van der Waals surface area contributed by atoms with Crippen LogP contribution in [0.5, 0.6) is 0 Å². The molecule has 0 saturated heterocycles. The molecule has 3 nitrogen and oxygen atoms in total. The van der Waals surface area contributed by atoms with Crippen molar-refractivity contribution in [1.82, 2.24) is 9.78 Å². The Kier molecular flexibility index (Phi) is 2.88. The number of hydrogen-bond donors (Lipinski definition) is 1. The number of rotatable bonds is 2. The van der Waals surface area contributed by atoms with Crippen LogP contribution in [0.4, 0.5) is 0 Å². The van der Waals surface area contributed by atoms with Gasteiger partial charge in [-0.3, -0.25) is 0 Å². The summed E-state index contributed by atoms with van der Waals surface area (Å²) in [5.41, 5.74) is 2.99. The highest BCUT2D eigenvalue weighted by atomic mass is 79.9. The molecule has 2 aromatic rings. The van der Waals surface area contributed by atoms with Gasteiger partial charge in [0.25, 0.3) is 0 Å². The van der Waals surface area contributed by atoms with Crippen LogP contribution < -0.4 is 0 Å². The van der Waals surface area contributed by atoms with Crippen LogP contribution in [0.3, 0.4) is 0 Å². The van der Waals surface area contributed by atoms with Crippen molar-refractivity contribution >= 4 is 15.9 Å². The Hall–Kier alpha value is -1.13. The second-order valence-electron chi connectivity index (χ2n) is 3.38. The average Bonchev–Trinajstić information content (AvgIpc) is 2.61. The topological polar surface area (TPSA) is 38.0 Å². The molecule has 1 aromatic heterocycles. The maximum Gasteiger partial charge on any atom is 0.134 e. The highest BCUT2D eigenvalue weighted by Gasteiger charge is 2.05. The molecule has 0 radical (unpaired) electrons. The van der Waals surface area contributed by atoms with Crippen molar-refractivity contribution in [3.63, 3.8) is 0 Å². The Morgan fingerprint density at radius 1 is 1.33 bits per heavy atom. The molecule has 1 heterocycles. The van der Waals surface area contributed by atoms with Gasteiger partial charge < -0.3 is 5.11 Å². The minimum atomic E-state index is -0.00750. The molecule has 78 valence electrons. The third kappa shape index (κ3) is 2.11. The van der Waals surface area contributed by atoms with Gasteiger partial charge in [-0.25, -0.2) is 4.68 Å². The van der Waals surface area contributed by atoms with E-state index in [0.717, 1.165) is 11.3 Å². The highest BCUT2D eigenvalue weighted by molar-refractivity contribution is 9.10. The number of halogens is 1. The molecule has 4 heteroatoms. The molecule has 0 bridgehead atoms. The number of aliphatic hydroxyl groups is 1. The van der Waals surface area contributed by atoms with Gasteiger partial charge in [-0.05, 0) is 35.0 Å². The van der Waals surface area contributed by atoms with Crippen LogP contribution in [0.25, 0.3) is 5.69 Å². The summed E-state index contributed by atoms with van der Waals surface area (Å²) in [7, 11) is 0. The first kappa shape index (κ1) is 10.4. The third-order valence-corrected chi connectivity index (χ3v) is 2.88. The lowest BCUT2D eigenvalue weighted by Gasteiger charge is -2.00. The van der Waals surface area contributed by atoms with E-state index in [0.29, 0.717) is 4.60 Å². The van der Waals surface area contributed by atoms with Crippen molar-refractivity contribution in [2.75, 3.05) is 0 Å². The van der Waals surface area contributed by atoms with Gasteiger partial charge in [0.15, 0.2) is 0 Å². The highest BCUT2D eigenvalue weighted by Crippen LogP contribution is 2.17. The lowest BCUT2D eigenvalue weighted by molar-refractivity contribution is 0.281. The maximum atomic E-state index is 9.04. The number of hydrogen-bond acceptors (Lipinski definition) is 2. The minimum absolute atomic E-state index is 0.00750. The van der Waals surface area contributed by atoms with Gasteiger partial charge in [-0.15, -0.1) is 0 Å². The first-order valence-corrected chi connectivity index (χ1v) is 5.42. The number of aryl methyl sites for hydroxylation is 1. The van der Waals surface area contributed by atoms with Crippen molar-refractivity contribution in [2.45, 2.75) is 13.5 Å². The van der Waals surface area contributed by atoms with Crippen LogP contribution in [0, 0.1) is 6.92 Å². The molecular weight excluding hydrogens is 256 g/mol. The molecule has 1 aromatic carbocycles. The van der Waals surface area contributed by atoms with E-state index in [2.05, 4.69) is 21.0 Å². The summed E-state index contributed by atoms with van der Waals surface area (Å²) in [5, 5.41) is 13.3. The van der Waals surface area contributed by atoms with E-state index < -0.39 is 0 Å². The Morgan fingerprint density at radius 2 is 2.00 bits per heavy atom. The molecule has 2 rings (SSSR count). The monoisotopic (exact) mass is 266 g/mol. The van der Waals surface area contributed by atoms with E-state index in [-0.39, 0.29) is 6.61 Å². The van der Waals surface area contributed by atoms with Crippen molar-refractivity contribution in [3.8, 4) is 5.69 Å². The van der Waals surface area contributed by atoms with Crippen LogP contribution in [-0.4, -0.2) is 14.9 Å². The number of benzene rings is 1. The molecule has 0 atom stereocenters. The predicted molar refractivity (Wildman–Crippen MR) is 61.9 cm³/mol. The van der Waals surface area contributed by atoms with E-state index in [4.69, 9.17) is 5.11 Å². The lowest BCUT2D eigenvalue weighted by Crippen LogP contribution is -1.93. The summed E-state index contributed by atoms with van der Waals surface area (Å²) in [6.07, 6.45) is 1.81. The second-order valence-corrected chi connectivity index (χ2v) is 4.13. The fourth-order valence-corrected chi connectivity index (χ4v) is 1.72. The van der Waals surface area contributed by atoms with E-state index in [1.165, 1.54) is 5.56 Å². The second kappa shape index (κ2) is 4.16. The van der Waals surface area contributed by atoms with Crippen molar-refractivity contribution in [2.24, 2.45) is 0 Å². The molecule has 0 aliphatic rings. The van der Waals surface area contributed by atoms with Crippen LogP contribution in [-0.2, 0) is 6.61 Å². The molecule has 0 aliphatic heterocycles. The van der Waals surface area contributed by atoms with Crippen molar-refractivity contribution < 1.29 is 5.11 Å². The number of aromatic nitrogens is 2. The molecule has 0 fully saturated rings. The fourth-order valence-electron chi connectivity index (χ4n) is 1.32. The third-order valence-electron chi connectivity index (χ3n) is 2.21. The molecule has 0 unspecified atom stereocenters. The van der Waals surface area contributed by atoms with Crippen molar-refractivity contribution in [1.29, 1.82) is 0 Å². The first-order chi connectivity index (χ1) is 7.20. The molecule has 0 amide bonds. The van der Waals surface area contributed by atoms with Gasteiger partial charge in [-0.1, -0.05) is 17.7 Å². The lowest BCUT2D eigenvalue weighted by atomic mass is 10.2. The largest absolute Gasteiger partial charge is 0.392 e. The Balaban J connectivity index is 2.41.